The quantitative estimate of drug-likeness (QED) is 0.352. The highest BCUT2D eigenvalue weighted by Gasteiger charge is 2.41. The second kappa shape index (κ2) is 3.23. The van der Waals surface area contributed by atoms with Crippen LogP contribution in [-0.4, -0.2) is 52.2 Å². The van der Waals surface area contributed by atoms with Gasteiger partial charge < -0.3 is 25.4 Å². The monoisotopic (exact) mass is 178 g/mol. The first-order valence-corrected chi connectivity index (χ1v) is 3.23. The third kappa shape index (κ3) is 1.34. The molecule has 1 heterocycles. The second-order valence-electron chi connectivity index (χ2n) is 2.27. The average Bonchev–Trinajstić information content (AvgIpc) is 2.24. The third-order valence-corrected chi connectivity index (χ3v) is 1.54. The summed E-state index contributed by atoms with van der Waals surface area (Å²) in [4.78, 5) is 11.4. The molecule has 0 aromatic carbocycles. The molecule has 0 aromatic rings. The molecule has 4 N–H and O–H groups in total. The summed E-state index contributed by atoms with van der Waals surface area (Å²) in [6.07, 6.45) is -4.30. The summed E-state index contributed by atoms with van der Waals surface area (Å²) >= 11 is 0. The van der Waals surface area contributed by atoms with Crippen LogP contribution in [0.25, 0.3) is 0 Å². The standard InChI is InChI=1S/C5H10N2O5/c1-12-3-2(8)6-4(9)7(3)5(10)11/h2-3,5,8,10-11H,1H3,(H,6,9). The zero-order valence-corrected chi connectivity index (χ0v) is 6.34. The fourth-order valence-electron chi connectivity index (χ4n) is 1.02. The van der Waals surface area contributed by atoms with Gasteiger partial charge in [-0.15, -0.1) is 0 Å². The summed E-state index contributed by atoms with van der Waals surface area (Å²) in [5.74, 6) is 0. The topological polar surface area (TPSA) is 102 Å². The second-order valence-corrected chi connectivity index (χ2v) is 2.27. The Labute approximate surface area is 68.2 Å². The number of carbonyl (C=O) groups is 1. The molecule has 2 unspecified atom stereocenters. The zero-order chi connectivity index (χ0) is 9.30. The van der Waals surface area contributed by atoms with Crippen LogP contribution in [-0.2, 0) is 4.74 Å². The predicted molar refractivity (Wildman–Crippen MR) is 35.4 cm³/mol. The van der Waals surface area contributed by atoms with Gasteiger partial charge >= 0.3 is 6.03 Å². The number of urea groups is 1. The van der Waals surface area contributed by atoms with E-state index in [0.29, 0.717) is 4.90 Å². The van der Waals surface area contributed by atoms with Gasteiger partial charge in [0.25, 0.3) is 0 Å². The maximum atomic E-state index is 10.9. The Hall–Kier alpha value is -0.890. The molecular formula is C5H10N2O5. The van der Waals surface area contributed by atoms with Crippen LogP contribution in [0.5, 0.6) is 0 Å². The van der Waals surface area contributed by atoms with E-state index in [1.807, 2.05) is 5.32 Å². The normalized spacial score (nSPS) is 29.8. The smallest absolute Gasteiger partial charge is 0.325 e. The van der Waals surface area contributed by atoms with Crippen LogP contribution in [0.2, 0.25) is 0 Å². The van der Waals surface area contributed by atoms with Crippen LogP contribution < -0.4 is 5.32 Å². The van der Waals surface area contributed by atoms with Gasteiger partial charge in [0.2, 0.25) is 6.41 Å². The number of nitrogens with one attached hydrogen (secondary N) is 1. The number of rotatable bonds is 2. The minimum absolute atomic E-state index is 0.574. The number of hydrogen-bond acceptors (Lipinski definition) is 5. The van der Waals surface area contributed by atoms with Crippen molar-refractivity contribution in [2.45, 2.75) is 18.9 Å². The van der Waals surface area contributed by atoms with Gasteiger partial charge in [0.05, 0.1) is 0 Å². The van der Waals surface area contributed by atoms with E-state index in [1.165, 1.54) is 7.11 Å². The highest BCUT2D eigenvalue weighted by Crippen LogP contribution is 2.13. The molecule has 0 aromatic heterocycles. The molecule has 1 aliphatic heterocycles. The maximum Gasteiger partial charge on any atom is 0.325 e. The minimum atomic E-state index is -1.98. The van der Waals surface area contributed by atoms with Crippen molar-refractivity contribution in [3.63, 3.8) is 0 Å². The van der Waals surface area contributed by atoms with E-state index in [-0.39, 0.29) is 0 Å². The van der Waals surface area contributed by atoms with E-state index in [1.54, 1.807) is 0 Å². The molecule has 70 valence electrons. The van der Waals surface area contributed by atoms with Gasteiger partial charge in [0.1, 0.15) is 0 Å². The van der Waals surface area contributed by atoms with Crippen molar-refractivity contribution >= 4 is 6.03 Å². The van der Waals surface area contributed by atoms with Crippen LogP contribution in [0.4, 0.5) is 4.79 Å². The molecule has 1 aliphatic rings. The fraction of sp³-hybridized carbons (Fsp3) is 0.800. The molecule has 1 fully saturated rings. The fourth-order valence-corrected chi connectivity index (χ4v) is 1.02. The first-order chi connectivity index (χ1) is 5.57. The van der Waals surface area contributed by atoms with E-state index >= 15 is 0 Å². The Bertz CT molecular complexity index is 185. The lowest BCUT2D eigenvalue weighted by molar-refractivity contribution is -0.192. The zero-order valence-electron chi connectivity index (χ0n) is 6.34. The number of aliphatic hydroxyl groups is 3. The number of methoxy groups -OCH3 is 1. The number of nitrogens with zero attached hydrogens (tertiary/aromatic N) is 1. The number of carbonyl (C=O) groups excluding carboxylic acids is 1. The van der Waals surface area contributed by atoms with E-state index in [4.69, 9.17) is 15.3 Å². The van der Waals surface area contributed by atoms with Crippen molar-refractivity contribution in [3.8, 4) is 0 Å². The van der Waals surface area contributed by atoms with Crippen LogP contribution in [0.3, 0.4) is 0 Å². The van der Waals surface area contributed by atoms with Gasteiger partial charge in [-0.2, -0.15) is 0 Å². The van der Waals surface area contributed by atoms with Crippen molar-refractivity contribution in [3.05, 3.63) is 0 Å². The summed E-state index contributed by atoms with van der Waals surface area (Å²) in [6, 6.07) is -0.788. The molecule has 0 spiro atoms. The third-order valence-electron chi connectivity index (χ3n) is 1.54. The predicted octanol–water partition coefficient (Wildman–Crippen LogP) is -2.43. The lowest BCUT2D eigenvalue weighted by Crippen LogP contribution is -2.44. The molecular weight excluding hydrogens is 168 g/mol. The van der Waals surface area contributed by atoms with E-state index in [2.05, 4.69) is 4.74 Å². The van der Waals surface area contributed by atoms with Gasteiger partial charge in [-0.1, -0.05) is 0 Å². The van der Waals surface area contributed by atoms with Gasteiger partial charge in [0, 0.05) is 7.11 Å². The molecule has 2 amide bonds. The Morgan fingerprint density at radius 1 is 1.67 bits per heavy atom. The summed E-state index contributed by atoms with van der Waals surface area (Å²) in [6.45, 7) is 0. The molecule has 7 nitrogen and oxygen atoms in total. The maximum absolute atomic E-state index is 10.9. The molecule has 0 saturated carbocycles. The van der Waals surface area contributed by atoms with Crippen molar-refractivity contribution < 1.29 is 24.9 Å². The molecule has 2 atom stereocenters. The first-order valence-electron chi connectivity index (χ1n) is 3.23. The number of aliphatic hydroxyl groups excluding tert-OH is 2. The van der Waals surface area contributed by atoms with Gasteiger partial charge in [-0.3, -0.25) is 0 Å². The molecule has 1 saturated heterocycles. The van der Waals surface area contributed by atoms with Crippen molar-refractivity contribution in [1.82, 2.24) is 10.2 Å². The first kappa shape index (κ1) is 9.20. The van der Waals surface area contributed by atoms with E-state index in [0.717, 1.165) is 0 Å². The Morgan fingerprint density at radius 3 is 2.58 bits per heavy atom. The van der Waals surface area contributed by atoms with Crippen molar-refractivity contribution in [1.29, 1.82) is 0 Å². The van der Waals surface area contributed by atoms with E-state index in [9.17, 15) is 4.79 Å². The lowest BCUT2D eigenvalue weighted by atomic mass is 10.5. The minimum Gasteiger partial charge on any atom is -0.369 e. The van der Waals surface area contributed by atoms with Crippen molar-refractivity contribution in [2.24, 2.45) is 0 Å². The van der Waals surface area contributed by atoms with E-state index < -0.39 is 24.9 Å². The van der Waals surface area contributed by atoms with Gasteiger partial charge in [0.15, 0.2) is 12.5 Å². The molecule has 0 bridgehead atoms. The summed E-state index contributed by atoms with van der Waals surface area (Å²) in [7, 11) is 1.24. The summed E-state index contributed by atoms with van der Waals surface area (Å²) in [5, 5.41) is 28.4. The number of ether oxygens (including phenoxy) is 1. The van der Waals surface area contributed by atoms with Crippen LogP contribution in [0, 0.1) is 0 Å². The summed E-state index contributed by atoms with van der Waals surface area (Å²) in [5.41, 5.74) is 0. The Kier molecular flexibility index (Phi) is 2.48. The molecule has 12 heavy (non-hydrogen) atoms. The summed E-state index contributed by atoms with van der Waals surface area (Å²) < 4.78 is 4.64. The average molecular weight is 178 g/mol. The number of amides is 2. The Morgan fingerprint density at radius 2 is 2.25 bits per heavy atom. The van der Waals surface area contributed by atoms with Crippen LogP contribution in [0.15, 0.2) is 0 Å². The lowest BCUT2D eigenvalue weighted by Gasteiger charge is -2.23. The van der Waals surface area contributed by atoms with Crippen LogP contribution >= 0.6 is 0 Å². The Balaban J connectivity index is 2.75. The molecule has 0 aliphatic carbocycles. The van der Waals surface area contributed by atoms with Crippen molar-refractivity contribution in [2.75, 3.05) is 7.11 Å². The molecule has 1 rings (SSSR count). The largest absolute Gasteiger partial charge is 0.369 e. The molecule has 0 radical (unpaired) electrons. The van der Waals surface area contributed by atoms with Crippen LogP contribution in [0.1, 0.15) is 0 Å². The van der Waals surface area contributed by atoms with Gasteiger partial charge in [-0.25, -0.2) is 9.69 Å². The highest BCUT2D eigenvalue weighted by atomic mass is 16.6. The number of hydrogen-bond donors (Lipinski definition) is 4. The highest BCUT2D eigenvalue weighted by molar-refractivity contribution is 5.77. The SMILES string of the molecule is COC1C(O)NC(=O)N1C(O)O. The van der Waals surface area contributed by atoms with Gasteiger partial charge in [-0.05, 0) is 0 Å². The molecule has 7 heteroatoms.